The molecule has 0 saturated heterocycles. The van der Waals surface area contributed by atoms with Crippen LogP contribution >= 0.6 is 0 Å². The van der Waals surface area contributed by atoms with Gasteiger partial charge >= 0.3 is 0 Å². The van der Waals surface area contributed by atoms with Crippen molar-refractivity contribution in [1.82, 2.24) is 0 Å². The SMILES string of the molecule is CCC=CCCO.CCC=CCCO. The first kappa shape index (κ1) is 15.9. The fraction of sp³-hybridized carbons (Fsp3) is 0.667. The van der Waals surface area contributed by atoms with Gasteiger partial charge in [-0.3, -0.25) is 0 Å². The molecule has 0 aliphatic carbocycles. The van der Waals surface area contributed by atoms with Gasteiger partial charge in [0.25, 0.3) is 0 Å². The molecule has 0 rings (SSSR count). The van der Waals surface area contributed by atoms with E-state index in [1.165, 1.54) is 0 Å². The third-order valence-corrected chi connectivity index (χ3v) is 1.40. The molecule has 2 heteroatoms. The first-order chi connectivity index (χ1) is 6.83. The van der Waals surface area contributed by atoms with E-state index in [1.54, 1.807) is 0 Å². The van der Waals surface area contributed by atoms with Gasteiger partial charge < -0.3 is 10.2 Å². The van der Waals surface area contributed by atoms with Crippen molar-refractivity contribution in [3.8, 4) is 0 Å². The Balaban J connectivity index is 0. The van der Waals surface area contributed by atoms with E-state index in [4.69, 9.17) is 10.2 Å². The Morgan fingerprint density at radius 2 is 1.07 bits per heavy atom. The van der Waals surface area contributed by atoms with Crippen molar-refractivity contribution < 1.29 is 10.2 Å². The number of rotatable bonds is 6. The maximum Gasteiger partial charge on any atom is 0.0465 e. The fourth-order valence-corrected chi connectivity index (χ4v) is 0.718. The van der Waals surface area contributed by atoms with Gasteiger partial charge in [0.2, 0.25) is 0 Å². The molecule has 84 valence electrons. The van der Waals surface area contributed by atoms with Crippen LogP contribution in [-0.2, 0) is 0 Å². The highest BCUT2D eigenvalue weighted by atomic mass is 16.3. The van der Waals surface area contributed by atoms with E-state index in [1.807, 2.05) is 12.2 Å². The van der Waals surface area contributed by atoms with E-state index in [0.29, 0.717) is 0 Å². The van der Waals surface area contributed by atoms with Crippen LogP contribution in [0.15, 0.2) is 24.3 Å². The average Bonchev–Trinajstić information content (AvgIpc) is 2.21. The molecule has 0 aromatic heterocycles. The van der Waals surface area contributed by atoms with E-state index in [0.717, 1.165) is 25.7 Å². The first-order valence-electron chi connectivity index (χ1n) is 5.35. The Kier molecular flexibility index (Phi) is 20.7. The van der Waals surface area contributed by atoms with Crippen LogP contribution in [0.3, 0.4) is 0 Å². The molecular formula is C12H24O2. The molecule has 2 N–H and O–H groups in total. The van der Waals surface area contributed by atoms with Gasteiger partial charge in [-0.15, -0.1) is 0 Å². The summed E-state index contributed by atoms with van der Waals surface area (Å²) >= 11 is 0. The second-order valence-electron chi connectivity index (χ2n) is 2.78. The molecule has 0 spiro atoms. The molecule has 0 saturated carbocycles. The van der Waals surface area contributed by atoms with Gasteiger partial charge in [0, 0.05) is 13.2 Å². The maximum absolute atomic E-state index is 8.24. The monoisotopic (exact) mass is 200 g/mol. The Hall–Kier alpha value is -0.600. The van der Waals surface area contributed by atoms with Crippen molar-refractivity contribution in [2.24, 2.45) is 0 Å². The van der Waals surface area contributed by atoms with E-state index in [-0.39, 0.29) is 13.2 Å². The summed E-state index contributed by atoms with van der Waals surface area (Å²) < 4.78 is 0. The van der Waals surface area contributed by atoms with Crippen LogP contribution in [0.2, 0.25) is 0 Å². The highest BCUT2D eigenvalue weighted by Gasteiger charge is 1.69. The molecule has 0 aromatic rings. The summed E-state index contributed by atoms with van der Waals surface area (Å²) in [6.45, 7) is 4.70. The van der Waals surface area contributed by atoms with Gasteiger partial charge in [-0.1, -0.05) is 38.2 Å². The fourth-order valence-electron chi connectivity index (χ4n) is 0.718. The van der Waals surface area contributed by atoms with Crippen LogP contribution in [0.25, 0.3) is 0 Å². The number of hydrogen-bond acceptors (Lipinski definition) is 2. The van der Waals surface area contributed by atoms with Crippen LogP contribution in [0.1, 0.15) is 39.5 Å². The predicted molar refractivity (Wildman–Crippen MR) is 62.3 cm³/mol. The molecule has 0 atom stereocenters. The molecule has 0 aliphatic rings. The molecule has 0 bridgehead atoms. The lowest BCUT2D eigenvalue weighted by molar-refractivity contribution is 0.302. The van der Waals surface area contributed by atoms with Gasteiger partial charge in [0.1, 0.15) is 0 Å². The lowest BCUT2D eigenvalue weighted by atomic mass is 10.3. The quantitative estimate of drug-likeness (QED) is 0.647. The van der Waals surface area contributed by atoms with Crippen LogP contribution < -0.4 is 0 Å². The van der Waals surface area contributed by atoms with Gasteiger partial charge in [-0.05, 0) is 25.7 Å². The van der Waals surface area contributed by atoms with Gasteiger partial charge in [0.05, 0.1) is 0 Å². The largest absolute Gasteiger partial charge is 0.396 e. The first-order valence-corrected chi connectivity index (χ1v) is 5.35. The Labute approximate surface area is 88.0 Å². The topological polar surface area (TPSA) is 40.5 Å². The summed E-state index contributed by atoms with van der Waals surface area (Å²) in [6, 6.07) is 0. The van der Waals surface area contributed by atoms with E-state index in [9.17, 15) is 0 Å². The van der Waals surface area contributed by atoms with E-state index < -0.39 is 0 Å². The van der Waals surface area contributed by atoms with Crippen molar-refractivity contribution >= 4 is 0 Å². The molecule has 0 aromatic carbocycles. The smallest absolute Gasteiger partial charge is 0.0465 e. The zero-order valence-electron chi connectivity index (χ0n) is 9.45. The lowest BCUT2D eigenvalue weighted by Gasteiger charge is -1.79. The predicted octanol–water partition coefficient (Wildman–Crippen LogP) is 2.67. The molecule has 14 heavy (non-hydrogen) atoms. The third-order valence-electron chi connectivity index (χ3n) is 1.40. The van der Waals surface area contributed by atoms with Crippen LogP contribution in [0, 0.1) is 0 Å². The molecule has 0 aliphatic heterocycles. The zero-order chi connectivity index (χ0) is 11.1. The number of aliphatic hydroxyl groups is 2. The Morgan fingerprint density at radius 3 is 1.29 bits per heavy atom. The van der Waals surface area contributed by atoms with Crippen molar-refractivity contribution in [3.63, 3.8) is 0 Å². The summed E-state index contributed by atoms with van der Waals surface area (Å²) in [6.07, 6.45) is 11.8. The highest BCUT2D eigenvalue weighted by molar-refractivity contribution is 4.79. The minimum absolute atomic E-state index is 0.274. The second-order valence-corrected chi connectivity index (χ2v) is 2.78. The Morgan fingerprint density at radius 1 is 0.714 bits per heavy atom. The molecule has 0 heterocycles. The van der Waals surface area contributed by atoms with Gasteiger partial charge in [0.15, 0.2) is 0 Å². The minimum atomic E-state index is 0.274. The summed E-state index contributed by atoms with van der Waals surface area (Å²) in [5, 5.41) is 16.5. The molecule has 0 fully saturated rings. The Bertz CT molecular complexity index is 112. The molecule has 0 radical (unpaired) electrons. The molecule has 2 nitrogen and oxygen atoms in total. The van der Waals surface area contributed by atoms with Gasteiger partial charge in [-0.25, -0.2) is 0 Å². The van der Waals surface area contributed by atoms with E-state index in [2.05, 4.69) is 26.0 Å². The van der Waals surface area contributed by atoms with Crippen LogP contribution in [0.5, 0.6) is 0 Å². The maximum atomic E-state index is 8.24. The lowest BCUT2D eigenvalue weighted by Crippen LogP contribution is -1.73. The van der Waals surface area contributed by atoms with E-state index >= 15 is 0 Å². The van der Waals surface area contributed by atoms with Crippen molar-refractivity contribution in [2.75, 3.05) is 13.2 Å². The van der Waals surface area contributed by atoms with Crippen LogP contribution in [-0.4, -0.2) is 23.4 Å². The number of aliphatic hydroxyl groups excluding tert-OH is 2. The standard InChI is InChI=1S/2C6H12O/c2*1-2-3-4-5-6-7/h2*3-4,7H,2,5-6H2,1H3. The van der Waals surface area contributed by atoms with Crippen molar-refractivity contribution in [2.45, 2.75) is 39.5 Å². The summed E-state index contributed by atoms with van der Waals surface area (Å²) in [5.41, 5.74) is 0. The summed E-state index contributed by atoms with van der Waals surface area (Å²) in [7, 11) is 0. The third kappa shape index (κ3) is 22.5. The molecule has 0 unspecified atom stereocenters. The second kappa shape index (κ2) is 18.2. The zero-order valence-corrected chi connectivity index (χ0v) is 9.45. The average molecular weight is 200 g/mol. The summed E-state index contributed by atoms with van der Waals surface area (Å²) in [4.78, 5) is 0. The molecular weight excluding hydrogens is 176 g/mol. The minimum Gasteiger partial charge on any atom is -0.396 e. The summed E-state index contributed by atoms with van der Waals surface area (Å²) in [5.74, 6) is 0. The van der Waals surface area contributed by atoms with Crippen LogP contribution in [0.4, 0.5) is 0 Å². The highest BCUT2D eigenvalue weighted by Crippen LogP contribution is 1.83. The number of hydrogen-bond donors (Lipinski definition) is 2. The number of allylic oxidation sites excluding steroid dienone is 2. The van der Waals surface area contributed by atoms with Gasteiger partial charge in [-0.2, -0.15) is 0 Å². The molecule has 0 amide bonds. The normalized spacial score (nSPS) is 10.6. The van der Waals surface area contributed by atoms with Crippen molar-refractivity contribution in [1.29, 1.82) is 0 Å². The van der Waals surface area contributed by atoms with Crippen molar-refractivity contribution in [3.05, 3.63) is 24.3 Å².